The van der Waals surface area contributed by atoms with Crippen LogP contribution >= 0.6 is 24.0 Å². The largest absolute Gasteiger partial charge is 0.453 e. The van der Waals surface area contributed by atoms with Gasteiger partial charge in [-0.3, -0.25) is 4.98 Å². The standard InChI is InChI=1S/C18H23FN4O.HI/c1-13(2)7-9-22-18(20)23-11-14-5-6-17(16(19)10-14)24-15-4-3-8-21-12-15;/h3-6,8,10,12-13H,7,9,11H2,1-2H3,(H3,20,22,23);1H. The SMILES string of the molecule is CC(C)CCNC(N)=NCc1ccc(Oc2cccnc2)c(F)c1.I. The van der Waals surface area contributed by atoms with Crippen LogP contribution in [0.1, 0.15) is 25.8 Å². The van der Waals surface area contributed by atoms with E-state index >= 15 is 0 Å². The highest BCUT2D eigenvalue weighted by Crippen LogP contribution is 2.24. The molecule has 0 aliphatic rings. The zero-order chi connectivity index (χ0) is 17.4. The minimum Gasteiger partial charge on any atom is -0.453 e. The van der Waals surface area contributed by atoms with Crippen molar-refractivity contribution in [2.45, 2.75) is 26.8 Å². The van der Waals surface area contributed by atoms with Crippen LogP contribution in [0.25, 0.3) is 0 Å². The molecule has 136 valence electrons. The third kappa shape index (κ3) is 7.68. The second-order valence-electron chi connectivity index (χ2n) is 5.87. The van der Waals surface area contributed by atoms with Gasteiger partial charge in [-0.1, -0.05) is 19.9 Å². The fourth-order valence-corrected chi connectivity index (χ4v) is 1.98. The first-order valence-electron chi connectivity index (χ1n) is 7.94. The molecule has 25 heavy (non-hydrogen) atoms. The Morgan fingerprint density at radius 2 is 2.16 bits per heavy atom. The number of hydrogen-bond acceptors (Lipinski definition) is 3. The summed E-state index contributed by atoms with van der Waals surface area (Å²) in [7, 11) is 0. The molecule has 0 amide bonds. The molecule has 0 aliphatic carbocycles. The van der Waals surface area contributed by atoms with Crippen LogP contribution in [-0.4, -0.2) is 17.5 Å². The van der Waals surface area contributed by atoms with Crippen LogP contribution < -0.4 is 15.8 Å². The van der Waals surface area contributed by atoms with Gasteiger partial charge in [0.1, 0.15) is 5.75 Å². The maximum atomic E-state index is 14.1. The van der Waals surface area contributed by atoms with E-state index in [2.05, 4.69) is 29.1 Å². The van der Waals surface area contributed by atoms with Crippen LogP contribution in [0.2, 0.25) is 0 Å². The Bertz CT molecular complexity index is 680. The fraction of sp³-hybridized carbons (Fsp3) is 0.333. The summed E-state index contributed by atoms with van der Waals surface area (Å²) in [4.78, 5) is 8.14. The number of nitrogens with two attached hydrogens (primary N) is 1. The zero-order valence-corrected chi connectivity index (χ0v) is 16.7. The summed E-state index contributed by atoms with van der Waals surface area (Å²) in [5, 5.41) is 3.05. The second kappa shape index (κ2) is 10.9. The highest BCUT2D eigenvalue weighted by Gasteiger charge is 2.06. The normalized spacial score (nSPS) is 11.1. The number of nitrogens with one attached hydrogen (secondary N) is 1. The van der Waals surface area contributed by atoms with Gasteiger partial charge in [0.15, 0.2) is 17.5 Å². The molecule has 0 radical (unpaired) electrons. The van der Waals surface area contributed by atoms with Crippen LogP contribution in [0.5, 0.6) is 11.5 Å². The molecular weight excluding hydrogens is 434 g/mol. The second-order valence-corrected chi connectivity index (χ2v) is 5.87. The Balaban J connectivity index is 0.00000312. The lowest BCUT2D eigenvalue weighted by Crippen LogP contribution is -2.32. The van der Waals surface area contributed by atoms with Crippen molar-refractivity contribution in [3.8, 4) is 11.5 Å². The summed E-state index contributed by atoms with van der Waals surface area (Å²) in [6.45, 7) is 5.38. The van der Waals surface area contributed by atoms with Crippen molar-refractivity contribution in [3.05, 3.63) is 54.1 Å². The van der Waals surface area contributed by atoms with Crippen LogP contribution in [0, 0.1) is 11.7 Å². The number of halogens is 2. The third-order valence-corrected chi connectivity index (χ3v) is 3.32. The minimum absolute atomic E-state index is 0. The number of pyridine rings is 1. The van der Waals surface area contributed by atoms with Crippen molar-refractivity contribution in [1.82, 2.24) is 10.3 Å². The van der Waals surface area contributed by atoms with Gasteiger partial charge in [0, 0.05) is 12.7 Å². The Morgan fingerprint density at radius 1 is 1.36 bits per heavy atom. The highest BCUT2D eigenvalue weighted by molar-refractivity contribution is 14.0. The molecule has 0 atom stereocenters. The molecule has 0 saturated carbocycles. The van der Waals surface area contributed by atoms with E-state index in [4.69, 9.17) is 10.5 Å². The van der Waals surface area contributed by atoms with Gasteiger partial charge in [-0.15, -0.1) is 24.0 Å². The summed E-state index contributed by atoms with van der Waals surface area (Å²) < 4.78 is 19.6. The van der Waals surface area contributed by atoms with Crippen LogP contribution in [0.4, 0.5) is 4.39 Å². The van der Waals surface area contributed by atoms with Crippen LogP contribution in [0.15, 0.2) is 47.7 Å². The Kier molecular flexibility index (Phi) is 9.18. The van der Waals surface area contributed by atoms with Crippen molar-refractivity contribution < 1.29 is 9.13 Å². The molecule has 2 aromatic rings. The van der Waals surface area contributed by atoms with Gasteiger partial charge in [-0.05, 0) is 42.2 Å². The first-order valence-corrected chi connectivity index (χ1v) is 7.94. The number of benzene rings is 1. The van der Waals surface area contributed by atoms with E-state index in [9.17, 15) is 4.39 Å². The maximum Gasteiger partial charge on any atom is 0.188 e. The molecule has 0 fully saturated rings. The van der Waals surface area contributed by atoms with Crippen molar-refractivity contribution >= 4 is 29.9 Å². The number of aliphatic imine (C=N–C) groups is 1. The highest BCUT2D eigenvalue weighted by atomic mass is 127. The minimum atomic E-state index is -0.446. The molecule has 0 saturated heterocycles. The van der Waals surface area contributed by atoms with E-state index in [1.807, 2.05) is 0 Å². The molecule has 2 rings (SSSR count). The monoisotopic (exact) mass is 458 g/mol. The number of hydrogen-bond donors (Lipinski definition) is 2. The van der Waals surface area contributed by atoms with Crippen molar-refractivity contribution in [1.29, 1.82) is 0 Å². The number of aromatic nitrogens is 1. The number of guanidine groups is 1. The smallest absolute Gasteiger partial charge is 0.188 e. The van der Waals surface area contributed by atoms with Crippen molar-refractivity contribution in [2.75, 3.05) is 6.54 Å². The quantitative estimate of drug-likeness (QED) is 0.373. The number of rotatable bonds is 7. The summed E-state index contributed by atoms with van der Waals surface area (Å²) in [6.07, 6.45) is 4.18. The first kappa shape index (κ1) is 21.1. The number of ether oxygens (including phenoxy) is 1. The summed E-state index contributed by atoms with van der Waals surface area (Å²) in [5.41, 5.74) is 6.51. The Labute approximate surface area is 164 Å². The van der Waals surface area contributed by atoms with Crippen LogP contribution in [-0.2, 0) is 6.54 Å². The van der Waals surface area contributed by atoms with Crippen LogP contribution in [0.3, 0.4) is 0 Å². The molecule has 0 aliphatic heterocycles. The molecule has 7 heteroatoms. The fourth-order valence-electron chi connectivity index (χ4n) is 1.98. The van der Waals surface area contributed by atoms with Gasteiger partial charge in [0.25, 0.3) is 0 Å². The van der Waals surface area contributed by atoms with Gasteiger partial charge < -0.3 is 15.8 Å². The average molecular weight is 458 g/mol. The molecule has 0 spiro atoms. The van der Waals surface area contributed by atoms with E-state index in [0.717, 1.165) is 18.5 Å². The molecular formula is C18H24FIN4O. The molecule has 5 nitrogen and oxygen atoms in total. The van der Waals surface area contributed by atoms with E-state index in [1.165, 1.54) is 12.3 Å². The first-order chi connectivity index (χ1) is 11.5. The van der Waals surface area contributed by atoms with Gasteiger partial charge in [-0.2, -0.15) is 0 Å². The topological polar surface area (TPSA) is 72.5 Å². The average Bonchev–Trinajstić information content (AvgIpc) is 2.56. The van der Waals surface area contributed by atoms with E-state index in [-0.39, 0.29) is 29.7 Å². The van der Waals surface area contributed by atoms with Crippen molar-refractivity contribution in [3.63, 3.8) is 0 Å². The Hall–Kier alpha value is -1.90. The molecule has 1 heterocycles. The molecule has 3 N–H and O–H groups in total. The maximum absolute atomic E-state index is 14.1. The molecule has 1 aromatic carbocycles. The predicted molar refractivity (Wildman–Crippen MR) is 109 cm³/mol. The lowest BCUT2D eigenvalue weighted by molar-refractivity contribution is 0.440. The van der Waals surface area contributed by atoms with Gasteiger partial charge >= 0.3 is 0 Å². The van der Waals surface area contributed by atoms with Gasteiger partial charge in [0.05, 0.1) is 12.7 Å². The molecule has 0 unspecified atom stereocenters. The van der Waals surface area contributed by atoms with E-state index < -0.39 is 5.82 Å². The van der Waals surface area contributed by atoms with E-state index in [1.54, 1.807) is 30.5 Å². The number of nitrogens with zero attached hydrogens (tertiary/aromatic N) is 2. The molecule has 1 aromatic heterocycles. The van der Waals surface area contributed by atoms with Gasteiger partial charge in [0.2, 0.25) is 0 Å². The lowest BCUT2D eigenvalue weighted by Gasteiger charge is -2.09. The summed E-state index contributed by atoms with van der Waals surface area (Å²) >= 11 is 0. The lowest BCUT2D eigenvalue weighted by atomic mass is 10.1. The zero-order valence-electron chi connectivity index (χ0n) is 14.4. The molecule has 0 bridgehead atoms. The Morgan fingerprint density at radius 3 is 2.80 bits per heavy atom. The predicted octanol–water partition coefficient (Wildman–Crippen LogP) is 4.08. The van der Waals surface area contributed by atoms with Gasteiger partial charge in [-0.25, -0.2) is 9.38 Å². The third-order valence-electron chi connectivity index (χ3n) is 3.32. The summed E-state index contributed by atoms with van der Waals surface area (Å²) in [6, 6.07) is 8.19. The van der Waals surface area contributed by atoms with E-state index in [0.29, 0.717) is 24.2 Å². The summed E-state index contributed by atoms with van der Waals surface area (Å²) in [5.74, 6) is 1.16. The van der Waals surface area contributed by atoms with Crippen molar-refractivity contribution in [2.24, 2.45) is 16.6 Å².